The summed E-state index contributed by atoms with van der Waals surface area (Å²) in [5, 5.41) is 0. The van der Waals surface area contributed by atoms with Crippen molar-refractivity contribution < 1.29 is 23.5 Å². The van der Waals surface area contributed by atoms with Crippen molar-refractivity contribution in [3.63, 3.8) is 0 Å². The van der Waals surface area contributed by atoms with Crippen LogP contribution in [0.5, 0.6) is 0 Å². The molecule has 0 N–H and O–H groups in total. The Morgan fingerprint density at radius 1 is 1.26 bits per heavy atom. The van der Waals surface area contributed by atoms with Crippen molar-refractivity contribution in [2.75, 3.05) is 7.11 Å². The number of methoxy groups -OCH3 is 1. The van der Waals surface area contributed by atoms with E-state index in [2.05, 4.69) is 9.73 Å². The average Bonchev–Trinajstić information content (AvgIpc) is 3.11. The molecule has 3 rings (SSSR count). The zero-order chi connectivity index (χ0) is 16.4. The van der Waals surface area contributed by atoms with Gasteiger partial charge < -0.3 is 13.9 Å². The molecule has 6 heteroatoms. The predicted octanol–water partition coefficient (Wildman–Crippen LogP) is 2.72. The second-order valence-corrected chi connectivity index (χ2v) is 4.81. The summed E-state index contributed by atoms with van der Waals surface area (Å²) >= 11 is 0. The van der Waals surface area contributed by atoms with E-state index in [-0.39, 0.29) is 11.6 Å². The average molecular weight is 311 g/mol. The van der Waals surface area contributed by atoms with Gasteiger partial charge in [0.25, 0.3) is 0 Å². The fourth-order valence-corrected chi connectivity index (χ4v) is 2.14. The number of carbonyl (C=O) groups excluding carboxylic acids is 2. The van der Waals surface area contributed by atoms with E-state index in [4.69, 9.17) is 9.15 Å². The number of rotatable bonds is 3. The van der Waals surface area contributed by atoms with Gasteiger partial charge in [-0.25, -0.2) is 14.6 Å². The summed E-state index contributed by atoms with van der Waals surface area (Å²) < 4.78 is 15.2. The molecule has 116 valence electrons. The maximum atomic E-state index is 11.9. The monoisotopic (exact) mass is 311 g/mol. The highest BCUT2D eigenvalue weighted by Crippen LogP contribution is 2.22. The number of furan rings is 1. The summed E-state index contributed by atoms with van der Waals surface area (Å²) in [4.78, 5) is 27.6. The van der Waals surface area contributed by atoms with E-state index in [9.17, 15) is 9.59 Å². The predicted molar refractivity (Wildman–Crippen MR) is 81.8 cm³/mol. The van der Waals surface area contributed by atoms with E-state index in [1.165, 1.54) is 19.3 Å². The molecule has 0 atom stereocenters. The van der Waals surface area contributed by atoms with Crippen LogP contribution >= 0.6 is 0 Å². The normalized spacial score (nSPS) is 15.5. The number of esters is 2. The summed E-state index contributed by atoms with van der Waals surface area (Å²) in [5.74, 6) is -0.107. The molecule has 0 unspecified atom stereocenters. The highest BCUT2D eigenvalue weighted by Gasteiger charge is 2.25. The van der Waals surface area contributed by atoms with E-state index in [1.54, 1.807) is 19.1 Å². The Kier molecular flexibility index (Phi) is 3.80. The number of cyclic esters (lactones) is 1. The second kappa shape index (κ2) is 5.92. The molecule has 0 aliphatic carbocycles. The number of aliphatic imine (C=N–C) groups is 1. The Hall–Kier alpha value is -3.15. The minimum Gasteiger partial charge on any atom is -0.465 e. The van der Waals surface area contributed by atoms with Crippen LogP contribution in [0.3, 0.4) is 0 Å². The first-order chi connectivity index (χ1) is 11.1. The highest BCUT2D eigenvalue weighted by molar-refractivity contribution is 6.12. The molecule has 0 fully saturated rings. The molecule has 0 bridgehead atoms. The van der Waals surface area contributed by atoms with Crippen molar-refractivity contribution >= 4 is 23.9 Å². The Labute approximate surface area is 132 Å². The van der Waals surface area contributed by atoms with Gasteiger partial charge in [-0.15, -0.1) is 0 Å². The lowest BCUT2D eigenvalue weighted by atomic mass is 10.2. The molecule has 1 aliphatic heterocycles. The lowest BCUT2D eigenvalue weighted by Gasteiger charge is -1.97. The minimum absolute atomic E-state index is 0.106. The Balaban J connectivity index is 1.92. The summed E-state index contributed by atoms with van der Waals surface area (Å²) in [6, 6.07) is 10.6. The summed E-state index contributed by atoms with van der Waals surface area (Å²) in [6.07, 6.45) is 1.43. The molecule has 2 heterocycles. The fourth-order valence-electron chi connectivity index (χ4n) is 2.14. The van der Waals surface area contributed by atoms with Gasteiger partial charge >= 0.3 is 11.9 Å². The SMILES string of the molecule is COC(=O)c1cc(/C=C2\N=C(c3ccccc3)OC2=O)oc1C. The molecule has 2 aromatic rings. The smallest absolute Gasteiger partial charge is 0.363 e. The van der Waals surface area contributed by atoms with Gasteiger partial charge in [0.15, 0.2) is 5.70 Å². The molecule has 1 aliphatic rings. The molecule has 1 aromatic carbocycles. The van der Waals surface area contributed by atoms with Gasteiger partial charge in [-0.3, -0.25) is 0 Å². The van der Waals surface area contributed by atoms with E-state index < -0.39 is 11.9 Å². The van der Waals surface area contributed by atoms with Gasteiger partial charge in [0, 0.05) is 11.6 Å². The van der Waals surface area contributed by atoms with Crippen LogP contribution in [-0.4, -0.2) is 24.9 Å². The van der Waals surface area contributed by atoms with Crippen molar-refractivity contribution in [3.8, 4) is 0 Å². The zero-order valence-corrected chi connectivity index (χ0v) is 12.5. The largest absolute Gasteiger partial charge is 0.465 e. The molecule has 1 aromatic heterocycles. The number of aryl methyl sites for hydroxylation is 1. The van der Waals surface area contributed by atoms with Crippen LogP contribution in [-0.2, 0) is 14.3 Å². The fraction of sp³-hybridized carbons (Fsp3) is 0.118. The van der Waals surface area contributed by atoms with Crippen molar-refractivity contribution in [2.24, 2.45) is 4.99 Å². The van der Waals surface area contributed by atoms with E-state index in [0.29, 0.717) is 22.6 Å². The van der Waals surface area contributed by atoms with E-state index in [0.717, 1.165) is 0 Å². The number of hydrogen-bond acceptors (Lipinski definition) is 6. The highest BCUT2D eigenvalue weighted by atomic mass is 16.6. The van der Waals surface area contributed by atoms with Crippen LogP contribution in [0.25, 0.3) is 6.08 Å². The minimum atomic E-state index is -0.572. The number of ether oxygens (including phenoxy) is 2. The maximum Gasteiger partial charge on any atom is 0.363 e. The van der Waals surface area contributed by atoms with Crippen LogP contribution in [0.15, 0.2) is 51.5 Å². The van der Waals surface area contributed by atoms with Gasteiger partial charge in [-0.2, -0.15) is 0 Å². The first-order valence-electron chi connectivity index (χ1n) is 6.85. The lowest BCUT2D eigenvalue weighted by Crippen LogP contribution is -2.04. The molecule has 0 saturated carbocycles. The Morgan fingerprint density at radius 2 is 2.00 bits per heavy atom. The molecule has 0 radical (unpaired) electrons. The number of carbonyl (C=O) groups is 2. The molecule has 0 saturated heterocycles. The Morgan fingerprint density at radius 3 is 2.70 bits per heavy atom. The van der Waals surface area contributed by atoms with Crippen LogP contribution in [0, 0.1) is 6.92 Å². The van der Waals surface area contributed by atoms with Gasteiger partial charge in [0.05, 0.1) is 7.11 Å². The molecular formula is C17H13NO5. The molecule has 0 amide bonds. The lowest BCUT2D eigenvalue weighted by molar-refractivity contribution is -0.129. The summed E-state index contributed by atoms with van der Waals surface area (Å²) in [5.41, 5.74) is 1.11. The van der Waals surface area contributed by atoms with Crippen LogP contribution in [0.4, 0.5) is 0 Å². The topological polar surface area (TPSA) is 78.1 Å². The quantitative estimate of drug-likeness (QED) is 0.643. The number of hydrogen-bond donors (Lipinski definition) is 0. The van der Waals surface area contributed by atoms with Crippen molar-refractivity contribution in [1.29, 1.82) is 0 Å². The number of nitrogens with zero attached hydrogens (tertiary/aromatic N) is 1. The Bertz CT molecular complexity index is 830. The van der Waals surface area contributed by atoms with Gasteiger partial charge in [-0.05, 0) is 25.1 Å². The molecule has 0 spiro atoms. The summed E-state index contributed by atoms with van der Waals surface area (Å²) in [7, 11) is 1.29. The van der Waals surface area contributed by atoms with Crippen LogP contribution in [0.1, 0.15) is 27.4 Å². The van der Waals surface area contributed by atoms with Gasteiger partial charge in [-0.1, -0.05) is 18.2 Å². The van der Waals surface area contributed by atoms with Crippen LogP contribution < -0.4 is 0 Å². The van der Waals surface area contributed by atoms with E-state index in [1.807, 2.05) is 18.2 Å². The van der Waals surface area contributed by atoms with Gasteiger partial charge in [0.1, 0.15) is 17.1 Å². The van der Waals surface area contributed by atoms with Crippen LogP contribution in [0.2, 0.25) is 0 Å². The second-order valence-electron chi connectivity index (χ2n) is 4.81. The third-order valence-electron chi connectivity index (χ3n) is 3.26. The third-order valence-corrected chi connectivity index (χ3v) is 3.26. The van der Waals surface area contributed by atoms with Crippen molar-refractivity contribution in [2.45, 2.75) is 6.92 Å². The van der Waals surface area contributed by atoms with Gasteiger partial charge in [0.2, 0.25) is 5.90 Å². The first-order valence-corrected chi connectivity index (χ1v) is 6.85. The molecular weight excluding hydrogens is 298 g/mol. The molecule has 23 heavy (non-hydrogen) atoms. The standard InChI is InChI=1S/C17H13NO5/c1-10-13(16(19)21-2)8-12(22-10)9-14-17(20)23-15(18-14)11-6-4-3-5-7-11/h3-9H,1-2H3/b14-9-. The zero-order valence-electron chi connectivity index (χ0n) is 12.5. The first kappa shape index (κ1) is 14.8. The molecule has 6 nitrogen and oxygen atoms in total. The van der Waals surface area contributed by atoms with E-state index >= 15 is 0 Å². The van der Waals surface area contributed by atoms with Crippen molar-refractivity contribution in [3.05, 3.63) is 64.7 Å². The maximum absolute atomic E-state index is 11.9. The number of benzene rings is 1. The summed E-state index contributed by atoms with van der Waals surface area (Å²) in [6.45, 7) is 1.64. The van der Waals surface area contributed by atoms with Crippen molar-refractivity contribution in [1.82, 2.24) is 0 Å². The third kappa shape index (κ3) is 2.91.